The summed E-state index contributed by atoms with van der Waals surface area (Å²) in [7, 11) is 0. The van der Waals surface area contributed by atoms with Gasteiger partial charge in [0.15, 0.2) is 0 Å². The second-order valence-electron chi connectivity index (χ2n) is 1.09. The van der Waals surface area contributed by atoms with E-state index < -0.39 is 0 Å². The van der Waals surface area contributed by atoms with Gasteiger partial charge in [-0.1, -0.05) is 0 Å². The van der Waals surface area contributed by atoms with Crippen LogP contribution in [0.1, 0.15) is 20.8 Å². The zero-order chi connectivity index (χ0) is 5.70. The summed E-state index contributed by atoms with van der Waals surface area (Å²) in [5, 5.41) is 4.12. The first-order valence-corrected chi connectivity index (χ1v) is 4.76. The molecular weight excluding hydrogens is 136 g/mol. The quantitative estimate of drug-likeness (QED) is 0.543. The van der Waals surface area contributed by atoms with E-state index in [4.69, 9.17) is 0 Å². The van der Waals surface area contributed by atoms with E-state index in [1.165, 1.54) is 16.0 Å². The Morgan fingerprint density at radius 2 is 1.14 bits per heavy atom. The zero-order valence-electron chi connectivity index (χ0n) is 5.42. The summed E-state index contributed by atoms with van der Waals surface area (Å²) in [6.45, 7) is 6.81. The molecule has 0 heterocycles. The Hall–Kier alpha value is 0.519. The van der Waals surface area contributed by atoms with Crippen LogP contribution in [0.25, 0.3) is 0 Å². The molecule has 7 heavy (non-hydrogen) atoms. The summed E-state index contributed by atoms with van der Waals surface area (Å²) in [4.78, 5) is 0. The van der Waals surface area contributed by atoms with E-state index in [0.717, 1.165) is 13.9 Å². The summed E-state index contributed by atoms with van der Waals surface area (Å²) < 4.78 is 0. The molecule has 0 fully saturated rings. The van der Waals surface area contributed by atoms with Gasteiger partial charge < -0.3 is 0 Å². The minimum absolute atomic E-state index is 0.812. The van der Waals surface area contributed by atoms with Gasteiger partial charge in [0.1, 0.15) is 0 Å². The van der Waals surface area contributed by atoms with Gasteiger partial charge in [0.2, 0.25) is 0 Å². The van der Waals surface area contributed by atoms with Crippen LogP contribution in [-0.4, -0.2) is 0 Å². The van der Waals surface area contributed by atoms with Crippen molar-refractivity contribution < 1.29 is 13.9 Å². The third-order valence-corrected chi connectivity index (χ3v) is 3.73. The van der Waals surface area contributed by atoms with Gasteiger partial charge >= 0.3 is 50.6 Å². The van der Waals surface area contributed by atoms with Crippen molar-refractivity contribution in [2.45, 2.75) is 36.7 Å². The normalized spacial score (nSPS) is 11.6. The summed E-state index contributed by atoms with van der Waals surface area (Å²) in [6.07, 6.45) is 0. The van der Waals surface area contributed by atoms with Gasteiger partial charge in [-0.15, -0.1) is 0 Å². The van der Waals surface area contributed by atoms with Gasteiger partial charge in [-0.05, 0) is 0 Å². The van der Waals surface area contributed by atoms with Crippen LogP contribution in [0.3, 0.4) is 0 Å². The summed E-state index contributed by atoms with van der Waals surface area (Å²) >= 11 is 0.812. The van der Waals surface area contributed by atoms with E-state index in [0.29, 0.717) is 0 Å². The Morgan fingerprint density at radius 3 is 1.14 bits per heavy atom. The standard InChI is InChI=1S/3C2H5.Cu/c3*1-2;/h3*1H2,2H3;. The third-order valence-electron chi connectivity index (χ3n) is 0.905. The van der Waals surface area contributed by atoms with Crippen molar-refractivity contribution in [2.75, 3.05) is 0 Å². The van der Waals surface area contributed by atoms with Crippen molar-refractivity contribution in [3.63, 3.8) is 0 Å². The minimum atomic E-state index is 0.812. The number of hydrogen-bond acceptors (Lipinski definition) is 0. The topological polar surface area (TPSA) is 0 Å². The molecule has 0 saturated heterocycles. The molecular formula is C6H15Cu. The van der Waals surface area contributed by atoms with Gasteiger partial charge in [0.05, 0.1) is 0 Å². The molecule has 0 aromatic rings. The Kier molecular flexibility index (Phi) is 5.02. The maximum absolute atomic E-state index is 2.27. The summed E-state index contributed by atoms with van der Waals surface area (Å²) in [5.41, 5.74) is 0. The second-order valence-corrected chi connectivity index (χ2v) is 4.50. The molecule has 0 aliphatic carbocycles. The molecule has 0 aromatic heterocycles. The van der Waals surface area contributed by atoms with Crippen LogP contribution in [0.2, 0.25) is 16.0 Å². The van der Waals surface area contributed by atoms with Crippen LogP contribution in [0.15, 0.2) is 0 Å². The fraction of sp³-hybridized carbons (Fsp3) is 1.00. The maximum atomic E-state index is 2.27. The van der Waals surface area contributed by atoms with Crippen molar-refractivity contribution in [3.8, 4) is 0 Å². The predicted molar refractivity (Wildman–Crippen MR) is 31.4 cm³/mol. The summed E-state index contributed by atoms with van der Waals surface area (Å²) in [6, 6.07) is 0. The first kappa shape index (κ1) is 7.52. The number of hydrogen-bond donors (Lipinski definition) is 0. The molecule has 0 N–H and O–H groups in total. The van der Waals surface area contributed by atoms with E-state index in [2.05, 4.69) is 20.8 Å². The Morgan fingerprint density at radius 1 is 0.857 bits per heavy atom. The molecule has 0 unspecified atom stereocenters. The Labute approximate surface area is 51.2 Å². The monoisotopic (exact) mass is 150 g/mol. The van der Waals surface area contributed by atoms with E-state index >= 15 is 0 Å². The van der Waals surface area contributed by atoms with E-state index in [-0.39, 0.29) is 0 Å². The molecule has 0 radical (unpaired) electrons. The molecule has 0 aromatic carbocycles. The number of rotatable bonds is 3. The fourth-order valence-corrected chi connectivity index (χ4v) is 1.86. The van der Waals surface area contributed by atoms with Gasteiger partial charge in [-0.3, -0.25) is 0 Å². The van der Waals surface area contributed by atoms with Crippen molar-refractivity contribution in [1.29, 1.82) is 0 Å². The predicted octanol–water partition coefficient (Wildman–Crippen LogP) is 2.92. The zero-order valence-corrected chi connectivity index (χ0v) is 6.36. The molecule has 0 nitrogen and oxygen atoms in total. The van der Waals surface area contributed by atoms with E-state index in [9.17, 15) is 0 Å². The van der Waals surface area contributed by atoms with Crippen LogP contribution >= 0.6 is 0 Å². The average Bonchev–Trinajstić information content (AvgIpc) is 1.72. The van der Waals surface area contributed by atoms with Crippen LogP contribution in [0, 0.1) is 0 Å². The Balaban J connectivity index is 2.99. The molecule has 0 bridgehead atoms. The average molecular weight is 151 g/mol. The first-order chi connectivity index (χ1) is 3.35. The van der Waals surface area contributed by atoms with E-state index in [1.807, 2.05) is 0 Å². The molecule has 0 atom stereocenters. The van der Waals surface area contributed by atoms with Crippen LogP contribution < -0.4 is 0 Å². The first-order valence-electron chi connectivity index (χ1n) is 2.76. The summed E-state index contributed by atoms with van der Waals surface area (Å²) in [5.74, 6) is 0. The molecule has 0 amide bonds. The van der Waals surface area contributed by atoms with Gasteiger partial charge in [-0.25, -0.2) is 0 Å². The van der Waals surface area contributed by atoms with Crippen molar-refractivity contribution in [3.05, 3.63) is 0 Å². The molecule has 0 rings (SSSR count). The van der Waals surface area contributed by atoms with Crippen molar-refractivity contribution in [1.82, 2.24) is 0 Å². The van der Waals surface area contributed by atoms with Crippen molar-refractivity contribution >= 4 is 0 Å². The van der Waals surface area contributed by atoms with Crippen LogP contribution in [0.4, 0.5) is 0 Å². The molecule has 1 heteroatoms. The third kappa shape index (κ3) is 3.13. The molecule has 0 saturated carbocycles. The van der Waals surface area contributed by atoms with Gasteiger partial charge in [0.25, 0.3) is 0 Å². The van der Waals surface area contributed by atoms with Crippen LogP contribution in [-0.2, 0) is 13.9 Å². The Bertz CT molecular complexity index is 25.7. The van der Waals surface area contributed by atoms with Crippen molar-refractivity contribution in [2.24, 2.45) is 0 Å². The van der Waals surface area contributed by atoms with Crippen LogP contribution in [0.5, 0.6) is 0 Å². The van der Waals surface area contributed by atoms with Gasteiger partial charge in [0, 0.05) is 0 Å². The molecule has 0 aliphatic heterocycles. The SMILES string of the molecule is C[CH2][Cu]([CH2]C)[CH2]C. The fourth-order valence-electron chi connectivity index (χ4n) is 0.452. The molecule has 50 valence electrons. The van der Waals surface area contributed by atoms with Gasteiger partial charge in [-0.2, -0.15) is 0 Å². The molecule has 0 spiro atoms. The molecule has 0 aliphatic rings. The van der Waals surface area contributed by atoms with E-state index in [1.54, 1.807) is 0 Å². The second kappa shape index (κ2) is 4.67.